The van der Waals surface area contributed by atoms with Crippen LogP contribution in [0, 0.1) is 0 Å². The van der Waals surface area contributed by atoms with Gasteiger partial charge in [0.1, 0.15) is 0 Å². The van der Waals surface area contributed by atoms with Crippen LogP contribution in [0.4, 0.5) is 0 Å². The number of carbonyl (C=O) groups excluding carboxylic acids is 3. The average molecular weight is 355 g/mol. The lowest BCUT2D eigenvalue weighted by Gasteiger charge is -2.16. The van der Waals surface area contributed by atoms with E-state index >= 15 is 0 Å². The van der Waals surface area contributed by atoms with Crippen molar-refractivity contribution in [1.29, 1.82) is 0 Å². The minimum atomic E-state index is -0.786. The van der Waals surface area contributed by atoms with Crippen molar-refractivity contribution in [3.63, 3.8) is 0 Å². The zero-order valence-electron chi connectivity index (χ0n) is 14.7. The summed E-state index contributed by atoms with van der Waals surface area (Å²) in [6.07, 6.45) is 1.89. The van der Waals surface area contributed by atoms with Gasteiger partial charge in [0.25, 0.3) is 5.91 Å². The second-order valence-electron chi connectivity index (χ2n) is 5.55. The second-order valence-corrected chi connectivity index (χ2v) is 5.55. The van der Waals surface area contributed by atoms with E-state index in [0.29, 0.717) is 0 Å². The van der Waals surface area contributed by atoms with Crippen LogP contribution in [0.2, 0.25) is 0 Å². The standard InChI is InChI=1S/C20H21NO5/c1-3-25-19(23)11-12-20(24)26-13-18(22)21-14(2)16-10-6-8-15-7-4-5-9-17(15)16/h4-12,14H,3,13H2,1-2H3,(H,21,22)/b12-11+/t14-/m0/s1. The Morgan fingerprint density at radius 2 is 1.65 bits per heavy atom. The van der Waals surface area contributed by atoms with E-state index in [1.165, 1.54) is 0 Å². The monoisotopic (exact) mass is 355 g/mol. The van der Waals surface area contributed by atoms with Crippen molar-refractivity contribution in [2.24, 2.45) is 0 Å². The molecule has 1 N–H and O–H groups in total. The molecule has 0 aliphatic heterocycles. The van der Waals surface area contributed by atoms with E-state index in [2.05, 4.69) is 10.1 Å². The molecule has 0 aliphatic rings. The van der Waals surface area contributed by atoms with Gasteiger partial charge in [0.05, 0.1) is 12.6 Å². The Balaban J connectivity index is 1.89. The molecule has 0 aliphatic carbocycles. The molecule has 0 unspecified atom stereocenters. The molecule has 2 rings (SSSR count). The largest absolute Gasteiger partial charge is 0.463 e. The van der Waals surface area contributed by atoms with Crippen LogP contribution in [0.25, 0.3) is 10.8 Å². The molecule has 0 saturated carbocycles. The number of benzene rings is 2. The average Bonchev–Trinajstić information content (AvgIpc) is 2.64. The van der Waals surface area contributed by atoms with Crippen LogP contribution in [0.15, 0.2) is 54.6 Å². The van der Waals surface area contributed by atoms with Crippen LogP contribution in [0.1, 0.15) is 25.5 Å². The Bertz CT molecular complexity index is 823. The summed E-state index contributed by atoms with van der Waals surface area (Å²) in [4.78, 5) is 34.6. The molecule has 0 radical (unpaired) electrons. The SMILES string of the molecule is CCOC(=O)/C=C/C(=O)OCC(=O)N[C@@H](C)c1cccc2ccccc12. The van der Waals surface area contributed by atoms with Crippen LogP contribution in [-0.4, -0.2) is 31.1 Å². The molecule has 0 fully saturated rings. The zero-order valence-corrected chi connectivity index (χ0v) is 14.7. The summed E-state index contributed by atoms with van der Waals surface area (Å²) < 4.78 is 9.45. The van der Waals surface area contributed by atoms with Gasteiger partial charge in [-0.25, -0.2) is 9.59 Å². The van der Waals surface area contributed by atoms with Gasteiger partial charge in [-0.1, -0.05) is 42.5 Å². The maximum absolute atomic E-state index is 12.0. The normalized spacial score (nSPS) is 11.9. The van der Waals surface area contributed by atoms with E-state index in [-0.39, 0.29) is 12.6 Å². The fourth-order valence-corrected chi connectivity index (χ4v) is 2.50. The maximum atomic E-state index is 12.0. The molecule has 2 aromatic rings. The van der Waals surface area contributed by atoms with Crippen LogP contribution >= 0.6 is 0 Å². The Kier molecular flexibility index (Phi) is 6.91. The molecular formula is C20H21NO5. The molecule has 0 aromatic heterocycles. The maximum Gasteiger partial charge on any atom is 0.331 e. The second kappa shape index (κ2) is 9.36. The van der Waals surface area contributed by atoms with E-state index in [9.17, 15) is 14.4 Å². The number of nitrogens with one attached hydrogen (secondary N) is 1. The first kappa shape index (κ1) is 19.2. The third kappa shape index (κ3) is 5.44. The summed E-state index contributed by atoms with van der Waals surface area (Å²) in [6.45, 7) is 3.31. The van der Waals surface area contributed by atoms with Gasteiger partial charge in [-0.15, -0.1) is 0 Å². The van der Waals surface area contributed by atoms with Crippen LogP contribution in [0.3, 0.4) is 0 Å². The summed E-state index contributed by atoms with van der Waals surface area (Å²) in [5.74, 6) is -1.85. The first-order chi connectivity index (χ1) is 12.5. The lowest BCUT2D eigenvalue weighted by Crippen LogP contribution is -2.31. The predicted molar refractivity (Wildman–Crippen MR) is 97.2 cm³/mol. The van der Waals surface area contributed by atoms with Crippen molar-refractivity contribution >= 4 is 28.6 Å². The lowest BCUT2D eigenvalue weighted by atomic mass is 10.00. The number of hydrogen-bond donors (Lipinski definition) is 1. The number of amides is 1. The summed E-state index contributed by atoms with van der Waals surface area (Å²) >= 11 is 0. The first-order valence-corrected chi connectivity index (χ1v) is 8.30. The number of carbonyl (C=O) groups is 3. The Hall–Kier alpha value is -3.15. The van der Waals surface area contributed by atoms with Crippen LogP contribution in [-0.2, 0) is 23.9 Å². The van der Waals surface area contributed by atoms with E-state index in [0.717, 1.165) is 28.5 Å². The fraction of sp³-hybridized carbons (Fsp3) is 0.250. The van der Waals surface area contributed by atoms with E-state index in [4.69, 9.17) is 4.74 Å². The Labute approximate surface area is 151 Å². The van der Waals surface area contributed by atoms with Gasteiger partial charge in [0, 0.05) is 12.2 Å². The van der Waals surface area contributed by atoms with Gasteiger partial charge in [-0.2, -0.15) is 0 Å². The van der Waals surface area contributed by atoms with E-state index in [1.807, 2.05) is 49.4 Å². The van der Waals surface area contributed by atoms with Crippen molar-refractivity contribution < 1.29 is 23.9 Å². The van der Waals surface area contributed by atoms with Crippen molar-refractivity contribution in [2.75, 3.05) is 13.2 Å². The van der Waals surface area contributed by atoms with Crippen molar-refractivity contribution in [3.05, 3.63) is 60.2 Å². The third-order valence-electron chi connectivity index (χ3n) is 3.65. The summed E-state index contributed by atoms with van der Waals surface area (Å²) in [6, 6.07) is 13.5. The molecule has 0 heterocycles. The van der Waals surface area contributed by atoms with Gasteiger partial charge in [0.2, 0.25) is 0 Å². The molecule has 2 aromatic carbocycles. The van der Waals surface area contributed by atoms with E-state index < -0.39 is 24.5 Å². The van der Waals surface area contributed by atoms with Gasteiger partial charge in [-0.3, -0.25) is 4.79 Å². The van der Waals surface area contributed by atoms with Gasteiger partial charge < -0.3 is 14.8 Å². The molecule has 0 saturated heterocycles. The van der Waals surface area contributed by atoms with E-state index in [1.54, 1.807) is 6.92 Å². The molecule has 1 atom stereocenters. The minimum absolute atomic E-state index is 0.215. The first-order valence-electron chi connectivity index (χ1n) is 8.30. The molecule has 0 bridgehead atoms. The molecule has 6 nitrogen and oxygen atoms in total. The molecule has 26 heavy (non-hydrogen) atoms. The fourth-order valence-electron chi connectivity index (χ4n) is 2.50. The smallest absolute Gasteiger partial charge is 0.331 e. The number of rotatable bonds is 7. The van der Waals surface area contributed by atoms with Crippen LogP contribution < -0.4 is 5.32 Å². The minimum Gasteiger partial charge on any atom is -0.463 e. The van der Waals surface area contributed by atoms with Gasteiger partial charge >= 0.3 is 11.9 Å². The third-order valence-corrected chi connectivity index (χ3v) is 3.65. The lowest BCUT2D eigenvalue weighted by molar-refractivity contribution is -0.144. The summed E-state index contributed by atoms with van der Waals surface area (Å²) in [7, 11) is 0. The predicted octanol–water partition coefficient (Wildman–Crippen LogP) is 2.68. The topological polar surface area (TPSA) is 81.7 Å². The highest BCUT2D eigenvalue weighted by Gasteiger charge is 2.13. The highest BCUT2D eigenvalue weighted by Crippen LogP contribution is 2.23. The Morgan fingerprint density at radius 3 is 2.38 bits per heavy atom. The van der Waals surface area contributed by atoms with Gasteiger partial charge in [-0.05, 0) is 30.2 Å². The number of ether oxygens (including phenoxy) is 2. The van der Waals surface area contributed by atoms with Crippen molar-refractivity contribution in [3.8, 4) is 0 Å². The highest BCUT2D eigenvalue weighted by atomic mass is 16.5. The van der Waals surface area contributed by atoms with Crippen molar-refractivity contribution in [1.82, 2.24) is 5.32 Å². The van der Waals surface area contributed by atoms with Crippen molar-refractivity contribution in [2.45, 2.75) is 19.9 Å². The quantitative estimate of drug-likeness (QED) is 0.610. The Morgan fingerprint density at radius 1 is 1.00 bits per heavy atom. The number of esters is 2. The molecule has 1 amide bonds. The number of hydrogen-bond acceptors (Lipinski definition) is 5. The molecular weight excluding hydrogens is 334 g/mol. The van der Waals surface area contributed by atoms with Gasteiger partial charge in [0.15, 0.2) is 6.61 Å². The zero-order chi connectivity index (χ0) is 18.9. The molecule has 0 spiro atoms. The summed E-state index contributed by atoms with van der Waals surface area (Å²) in [5.41, 5.74) is 0.977. The molecule has 6 heteroatoms. The molecule has 136 valence electrons. The number of fused-ring (bicyclic) bond motifs is 1. The summed E-state index contributed by atoms with van der Waals surface area (Å²) in [5, 5.41) is 4.93. The highest BCUT2D eigenvalue weighted by molar-refractivity contribution is 5.92. The van der Waals surface area contributed by atoms with Crippen LogP contribution in [0.5, 0.6) is 0 Å².